The number of hydrogen-bond donors (Lipinski definition) is 2. The lowest BCUT2D eigenvalue weighted by atomic mass is 9.89. The van der Waals surface area contributed by atoms with Gasteiger partial charge in [0.2, 0.25) is 0 Å². The molecule has 0 bridgehead atoms. The van der Waals surface area contributed by atoms with Gasteiger partial charge in [0.1, 0.15) is 0 Å². The molecule has 2 N–H and O–H groups in total. The number of hydrogen-bond acceptors (Lipinski definition) is 4. The lowest BCUT2D eigenvalue weighted by molar-refractivity contribution is 0.0924. The summed E-state index contributed by atoms with van der Waals surface area (Å²) in [6, 6.07) is 29.8. The van der Waals surface area contributed by atoms with Crippen molar-refractivity contribution in [2.24, 2.45) is 0 Å². The molecule has 6 heteroatoms. The van der Waals surface area contributed by atoms with Gasteiger partial charge in [0.15, 0.2) is 0 Å². The van der Waals surface area contributed by atoms with Gasteiger partial charge in [0, 0.05) is 10.4 Å². The molecule has 6 aromatic rings. The summed E-state index contributed by atoms with van der Waals surface area (Å²) < 4.78 is 13.8. The van der Waals surface area contributed by atoms with Crippen LogP contribution in [0.1, 0.15) is 66.8 Å². The van der Waals surface area contributed by atoms with E-state index in [0.717, 1.165) is 89.0 Å². The summed E-state index contributed by atoms with van der Waals surface area (Å²) in [6.45, 7) is 25.4. The summed E-state index contributed by atoms with van der Waals surface area (Å²) in [4.78, 5) is 26.0. The summed E-state index contributed by atoms with van der Waals surface area (Å²) in [5, 5.41) is 1.27. The maximum atomic E-state index is 13.0. The van der Waals surface area contributed by atoms with Crippen molar-refractivity contribution in [2.45, 2.75) is 83.1 Å². The van der Waals surface area contributed by atoms with Crippen LogP contribution in [0.3, 0.4) is 0 Å². The highest BCUT2D eigenvalue weighted by Crippen LogP contribution is 2.42. The van der Waals surface area contributed by atoms with Crippen molar-refractivity contribution in [2.75, 3.05) is 0 Å². The van der Waals surface area contributed by atoms with Gasteiger partial charge in [0.25, 0.3) is 0 Å². The highest BCUT2D eigenvalue weighted by atomic mass is 28.5. The Labute approximate surface area is 323 Å². The lowest BCUT2D eigenvalue weighted by Crippen LogP contribution is -2.81. The number of rotatable bonds is 6. The first-order valence-corrected chi connectivity index (χ1v) is 22.4. The number of aryl methyl sites for hydroxylation is 12. The molecular weight excluding hydrogens is 697 g/mol. The van der Waals surface area contributed by atoms with Crippen molar-refractivity contribution in [1.29, 1.82) is 0 Å². The third-order valence-electron chi connectivity index (χ3n) is 11.1. The SMILES string of the molecule is Cc1cc(C)c(-c2cccc(-c3c(C)cc(C)cc3C)c2[Si]2(O)O[Si](O)(c3c(-c4c(C)cc(C)cc4C)cccc3-c3c(C)cc(C)cc3C)O2)c(C)c1. The summed E-state index contributed by atoms with van der Waals surface area (Å²) >= 11 is 0. The molecule has 0 saturated carbocycles. The van der Waals surface area contributed by atoms with Gasteiger partial charge >= 0.3 is 17.6 Å². The van der Waals surface area contributed by atoms with Gasteiger partial charge in [-0.3, -0.25) is 0 Å². The Kier molecular flexibility index (Phi) is 9.62. The molecule has 276 valence electrons. The smallest absolute Gasteiger partial charge is 0.387 e. The van der Waals surface area contributed by atoms with Gasteiger partial charge in [-0.25, -0.2) is 0 Å². The third-order valence-corrected chi connectivity index (χ3v) is 17.9. The van der Waals surface area contributed by atoms with Crippen molar-refractivity contribution in [3.63, 3.8) is 0 Å². The average molecular weight is 749 g/mol. The highest BCUT2D eigenvalue weighted by Gasteiger charge is 2.69. The molecule has 1 fully saturated rings. The Balaban J connectivity index is 1.51. The minimum Gasteiger partial charge on any atom is -0.387 e. The summed E-state index contributed by atoms with van der Waals surface area (Å²) in [5.74, 6) is 0. The maximum absolute atomic E-state index is 13.0. The molecule has 7 rings (SSSR count). The van der Waals surface area contributed by atoms with E-state index in [1.165, 1.54) is 22.3 Å². The van der Waals surface area contributed by atoms with Crippen molar-refractivity contribution in [3.05, 3.63) is 152 Å². The van der Waals surface area contributed by atoms with Crippen molar-refractivity contribution in [1.82, 2.24) is 0 Å². The second-order valence-corrected chi connectivity index (χ2v) is 20.9. The van der Waals surface area contributed by atoms with Gasteiger partial charge in [0.05, 0.1) is 0 Å². The molecule has 0 aromatic heterocycles. The van der Waals surface area contributed by atoms with Gasteiger partial charge < -0.3 is 17.8 Å². The molecular formula is C48H52O4Si2. The first-order valence-electron chi connectivity index (χ1n) is 18.9. The van der Waals surface area contributed by atoms with E-state index in [0.29, 0.717) is 10.4 Å². The van der Waals surface area contributed by atoms with Crippen molar-refractivity contribution < 1.29 is 17.8 Å². The molecule has 0 radical (unpaired) electrons. The second kappa shape index (κ2) is 13.7. The van der Waals surface area contributed by atoms with Crippen LogP contribution >= 0.6 is 0 Å². The predicted octanol–water partition coefficient (Wildman–Crippen LogP) is 10.1. The van der Waals surface area contributed by atoms with Crippen LogP contribution in [0, 0.1) is 83.1 Å². The van der Waals surface area contributed by atoms with Gasteiger partial charge in [-0.15, -0.1) is 0 Å². The molecule has 0 unspecified atom stereocenters. The van der Waals surface area contributed by atoms with Gasteiger partial charge in [-0.05, 0) is 172 Å². The molecule has 0 spiro atoms. The van der Waals surface area contributed by atoms with Gasteiger partial charge in [-0.2, -0.15) is 0 Å². The Morgan fingerprint density at radius 3 is 0.704 bits per heavy atom. The van der Waals surface area contributed by atoms with Gasteiger partial charge in [-0.1, -0.05) is 107 Å². The van der Waals surface area contributed by atoms with Crippen LogP contribution in [0.2, 0.25) is 0 Å². The van der Waals surface area contributed by atoms with E-state index in [9.17, 15) is 9.59 Å². The van der Waals surface area contributed by atoms with E-state index < -0.39 is 17.6 Å². The molecule has 0 amide bonds. The first kappa shape index (κ1) is 37.9. The molecule has 1 saturated heterocycles. The van der Waals surface area contributed by atoms with Crippen LogP contribution in [0.4, 0.5) is 0 Å². The van der Waals surface area contributed by atoms with Crippen molar-refractivity contribution >= 4 is 28.0 Å². The zero-order valence-electron chi connectivity index (χ0n) is 33.8. The molecule has 0 atom stereocenters. The van der Waals surface area contributed by atoms with E-state index in [2.05, 4.69) is 168 Å². The summed E-state index contributed by atoms with van der Waals surface area (Å²) in [5.41, 5.74) is 21.2. The average Bonchev–Trinajstić information content (AvgIpc) is 3.02. The van der Waals surface area contributed by atoms with Crippen LogP contribution < -0.4 is 10.4 Å². The molecule has 1 aliphatic heterocycles. The van der Waals surface area contributed by atoms with E-state index in [4.69, 9.17) is 8.23 Å². The fourth-order valence-corrected chi connectivity index (χ4v) is 16.5. The fraction of sp³-hybridized carbons (Fsp3) is 0.250. The molecule has 4 nitrogen and oxygen atoms in total. The van der Waals surface area contributed by atoms with E-state index >= 15 is 0 Å². The normalized spacial score (nSPS) is 18.2. The Morgan fingerprint density at radius 2 is 0.519 bits per heavy atom. The van der Waals surface area contributed by atoms with E-state index in [1.807, 2.05) is 0 Å². The van der Waals surface area contributed by atoms with E-state index in [1.54, 1.807) is 0 Å². The monoisotopic (exact) mass is 748 g/mol. The van der Waals surface area contributed by atoms with Crippen LogP contribution in [0.15, 0.2) is 84.9 Å². The topological polar surface area (TPSA) is 58.9 Å². The van der Waals surface area contributed by atoms with Crippen LogP contribution in [-0.4, -0.2) is 27.2 Å². The minimum atomic E-state index is -4.27. The predicted molar refractivity (Wildman–Crippen MR) is 229 cm³/mol. The summed E-state index contributed by atoms with van der Waals surface area (Å²) in [6.07, 6.45) is 0. The molecule has 54 heavy (non-hydrogen) atoms. The summed E-state index contributed by atoms with van der Waals surface area (Å²) in [7, 11) is -8.55. The highest BCUT2D eigenvalue weighted by molar-refractivity contribution is 7.01. The number of benzene rings is 6. The first-order chi connectivity index (χ1) is 25.4. The van der Waals surface area contributed by atoms with E-state index in [-0.39, 0.29) is 0 Å². The standard InChI is InChI=1S/C48H52O4Si2/c1-27-19-31(5)43(32(6)20-27)39-15-13-16-40(44-33(7)21-28(2)22-34(44)8)47(39)53(49)51-54(50,52-53)48-41(45-35(9)23-29(3)24-36(45)10)17-14-18-42(48)46-37(11)25-30(4)26-38(46)12/h13-26,49-50H,1-12H3. The lowest BCUT2D eigenvalue weighted by Gasteiger charge is -2.47. The minimum absolute atomic E-state index is 0.636. The van der Waals surface area contributed by atoms with Crippen molar-refractivity contribution in [3.8, 4) is 44.5 Å². The van der Waals surface area contributed by atoms with Crippen LogP contribution in [0.5, 0.6) is 0 Å². The molecule has 1 aliphatic rings. The Bertz CT molecular complexity index is 2090. The molecule has 1 heterocycles. The fourth-order valence-electron chi connectivity index (χ4n) is 9.62. The molecule has 0 aliphatic carbocycles. The third kappa shape index (κ3) is 6.35. The van der Waals surface area contributed by atoms with Crippen LogP contribution in [-0.2, 0) is 8.23 Å². The maximum Gasteiger partial charge on any atom is 0.521 e. The molecule has 6 aromatic carbocycles. The Hall–Kier alpha value is -4.41. The van der Waals surface area contributed by atoms with Crippen LogP contribution in [0.25, 0.3) is 44.5 Å². The quantitative estimate of drug-likeness (QED) is 0.167. The largest absolute Gasteiger partial charge is 0.521 e. The second-order valence-electron chi connectivity index (χ2n) is 15.9. The Morgan fingerprint density at radius 1 is 0.333 bits per heavy atom. The zero-order chi connectivity index (χ0) is 39.0. The zero-order valence-corrected chi connectivity index (χ0v) is 35.8.